The number of amides is 1. The van der Waals surface area contributed by atoms with Crippen LogP contribution in [0.4, 0.5) is 17.3 Å². The molecule has 4 rings (SSSR count). The van der Waals surface area contributed by atoms with Crippen LogP contribution >= 0.6 is 0 Å². The molecule has 4 aromatic rings. The molecule has 0 aliphatic heterocycles. The zero-order chi connectivity index (χ0) is 22.5. The number of para-hydroxylation sites is 2. The lowest BCUT2D eigenvalue weighted by molar-refractivity contribution is -0.111. The first kappa shape index (κ1) is 20.8. The molecule has 0 fully saturated rings. The number of nitrogens with one attached hydrogen (secondary N) is 2. The van der Waals surface area contributed by atoms with Crippen molar-refractivity contribution in [2.45, 2.75) is 6.54 Å². The van der Waals surface area contributed by atoms with Gasteiger partial charge in [-0.3, -0.25) is 14.2 Å². The van der Waals surface area contributed by atoms with Crippen LogP contribution in [-0.4, -0.2) is 27.6 Å². The molecule has 8 nitrogen and oxygen atoms in total. The molecule has 0 bridgehead atoms. The van der Waals surface area contributed by atoms with Crippen molar-refractivity contribution in [3.63, 3.8) is 0 Å². The van der Waals surface area contributed by atoms with Crippen LogP contribution < -0.4 is 20.9 Å². The fourth-order valence-electron chi connectivity index (χ4n) is 3.22. The summed E-state index contributed by atoms with van der Waals surface area (Å²) in [5, 5.41) is 6.59. The van der Waals surface area contributed by atoms with Crippen molar-refractivity contribution in [2.75, 3.05) is 17.7 Å². The van der Waals surface area contributed by atoms with E-state index in [4.69, 9.17) is 4.74 Å². The number of carbonyl (C=O) groups excluding carboxylic acids is 1. The number of methoxy groups -OCH3 is 1. The molecular weight excluding hydrogens is 406 g/mol. The van der Waals surface area contributed by atoms with E-state index in [9.17, 15) is 9.59 Å². The minimum atomic E-state index is -0.283. The van der Waals surface area contributed by atoms with E-state index in [1.165, 1.54) is 12.1 Å². The zero-order valence-electron chi connectivity index (χ0n) is 17.4. The first-order valence-corrected chi connectivity index (χ1v) is 9.86. The summed E-state index contributed by atoms with van der Waals surface area (Å²) >= 11 is 0. The summed E-state index contributed by atoms with van der Waals surface area (Å²) < 4.78 is 6.95. The van der Waals surface area contributed by atoms with Crippen molar-refractivity contribution in [1.82, 2.24) is 14.5 Å². The Morgan fingerprint density at radius 2 is 1.91 bits per heavy atom. The second kappa shape index (κ2) is 9.13. The number of aromatic nitrogens is 3. The van der Waals surface area contributed by atoms with Crippen molar-refractivity contribution >= 4 is 34.3 Å². The first-order chi connectivity index (χ1) is 15.6. The maximum atomic E-state index is 12.7. The highest BCUT2D eigenvalue weighted by Gasteiger charge is 2.10. The molecule has 0 radical (unpaired) electrons. The molecule has 2 N–H and O–H groups in total. The van der Waals surface area contributed by atoms with E-state index in [0.717, 1.165) is 16.6 Å². The van der Waals surface area contributed by atoms with Crippen molar-refractivity contribution < 1.29 is 9.53 Å². The molecule has 8 heteroatoms. The molecule has 160 valence electrons. The number of ether oxygens (including phenoxy) is 1. The van der Waals surface area contributed by atoms with Crippen LogP contribution in [0.25, 0.3) is 11.0 Å². The van der Waals surface area contributed by atoms with Crippen LogP contribution in [0.1, 0.15) is 5.56 Å². The Morgan fingerprint density at radius 3 is 2.66 bits per heavy atom. The predicted octanol–water partition coefficient (Wildman–Crippen LogP) is 3.72. The molecule has 0 unspecified atom stereocenters. The lowest BCUT2D eigenvalue weighted by atomic mass is 10.2. The van der Waals surface area contributed by atoms with Crippen molar-refractivity contribution in [1.29, 1.82) is 0 Å². The van der Waals surface area contributed by atoms with Gasteiger partial charge in [-0.25, -0.2) is 4.98 Å². The van der Waals surface area contributed by atoms with Gasteiger partial charge in [-0.2, -0.15) is 4.98 Å². The Morgan fingerprint density at radius 1 is 1.12 bits per heavy atom. The van der Waals surface area contributed by atoms with Crippen molar-refractivity contribution in [3.05, 3.63) is 95.4 Å². The number of fused-ring (bicyclic) bond motifs is 1. The van der Waals surface area contributed by atoms with Gasteiger partial charge in [0.25, 0.3) is 5.56 Å². The maximum absolute atomic E-state index is 12.7. The molecular formula is C24H21N5O3. The Kier molecular flexibility index (Phi) is 5.94. The second-order valence-electron chi connectivity index (χ2n) is 6.95. The van der Waals surface area contributed by atoms with E-state index in [0.29, 0.717) is 29.6 Å². The fourth-order valence-corrected chi connectivity index (χ4v) is 3.22. The molecule has 0 saturated heterocycles. The summed E-state index contributed by atoms with van der Waals surface area (Å²) in [6, 6.07) is 17.9. The number of hydrogen-bond acceptors (Lipinski definition) is 6. The van der Waals surface area contributed by atoms with E-state index in [1.54, 1.807) is 36.1 Å². The van der Waals surface area contributed by atoms with E-state index >= 15 is 0 Å². The van der Waals surface area contributed by atoms with E-state index in [1.807, 2.05) is 36.4 Å². The minimum Gasteiger partial charge on any atom is -0.495 e. The molecule has 0 saturated carbocycles. The molecule has 2 aromatic carbocycles. The third-order valence-electron chi connectivity index (χ3n) is 4.82. The van der Waals surface area contributed by atoms with Gasteiger partial charge in [0.15, 0.2) is 0 Å². The lowest BCUT2D eigenvalue weighted by Gasteiger charge is -2.13. The minimum absolute atomic E-state index is 0.177. The number of pyridine rings is 1. The summed E-state index contributed by atoms with van der Waals surface area (Å²) in [6.45, 7) is 3.75. The number of hydrogen-bond donors (Lipinski definition) is 2. The van der Waals surface area contributed by atoms with Crippen LogP contribution in [0.15, 0.2) is 84.3 Å². The highest BCUT2D eigenvalue weighted by molar-refractivity contribution is 5.98. The highest BCUT2D eigenvalue weighted by Crippen LogP contribution is 2.26. The number of anilines is 3. The monoisotopic (exact) mass is 427 g/mol. The first-order valence-electron chi connectivity index (χ1n) is 9.86. The maximum Gasteiger partial charge on any atom is 0.252 e. The topological polar surface area (TPSA) is 98.1 Å². The number of benzene rings is 2. The van der Waals surface area contributed by atoms with Gasteiger partial charge in [0.2, 0.25) is 11.9 Å². The van der Waals surface area contributed by atoms with Gasteiger partial charge in [-0.1, -0.05) is 30.8 Å². The van der Waals surface area contributed by atoms with E-state index in [2.05, 4.69) is 27.2 Å². The molecule has 32 heavy (non-hydrogen) atoms. The number of nitrogens with zero attached hydrogens (tertiary/aromatic N) is 3. The summed E-state index contributed by atoms with van der Waals surface area (Å²) in [5.41, 5.74) is 2.58. The van der Waals surface area contributed by atoms with Crippen LogP contribution in [0.2, 0.25) is 0 Å². The van der Waals surface area contributed by atoms with Gasteiger partial charge < -0.3 is 15.4 Å². The van der Waals surface area contributed by atoms with Gasteiger partial charge in [0, 0.05) is 23.3 Å². The summed E-state index contributed by atoms with van der Waals surface area (Å²) in [4.78, 5) is 33.1. The van der Waals surface area contributed by atoms with Gasteiger partial charge >= 0.3 is 0 Å². The molecule has 0 aliphatic carbocycles. The summed E-state index contributed by atoms with van der Waals surface area (Å²) in [5.74, 6) is 0.726. The highest BCUT2D eigenvalue weighted by atomic mass is 16.5. The molecule has 2 heterocycles. The average molecular weight is 427 g/mol. The Balaban J connectivity index is 1.66. The van der Waals surface area contributed by atoms with Crippen molar-refractivity contribution in [3.8, 4) is 5.75 Å². The SMILES string of the molecule is C=CC(=O)Nc1ccc(Cn2c(=O)ccc3cnc(Nc4ccccc4OC)nc32)cc1. The fraction of sp³-hybridized carbons (Fsp3) is 0.0833. The van der Waals surface area contributed by atoms with Gasteiger partial charge in [-0.15, -0.1) is 0 Å². The van der Waals surface area contributed by atoms with Gasteiger partial charge in [0.1, 0.15) is 11.4 Å². The van der Waals surface area contributed by atoms with Crippen LogP contribution in [0.3, 0.4) is 0 Å². The third kappa shape index (κ3) is 4.49. The van der Waals surface area contributed by atoms with E-state index < -0.39 is 0 Å². The number of rotatable bonds is 7. The molecule has 0 spiro atoms. The van der Waals surface area contributed by atoms with Gasteiger partial charge in [0.05, 0.1) is 19.3 Å². The summed E-state index contributed by atoms with van der Waals surface area (Å²) in [7, 11) is 1.59. The van der Waals surface area contributed by atoms with Crippen LogP contribution in [0, 0.1) is 0 Å². The molecule has 2 aromatic heterocycles. The standard InChI is InChI=1S/C24H21N5O3/c1-3-21(30)26-18-11-8-16(9-12-18)15-29-22(31)13-10-17-14-25-24(28-23(17)29)27-19-6-4-5-7-20(19)32-2/h3-14H,1,15H2,2H3,(H,26,30)(H,25,27,28). The molecule has 1 amide bonds. The van der Waals surface area contributed by atoms with Crippen LogP contribution in [0.5, 0.6) is 5.75 Å². The smallest absolute Gasteiger partial charge is 0.252 e. The Hall–Kier alpha value is -4.46. The Labute approximate surface area is 184 Å². The van der Waals surface area contributed by atoms with Crippen molar-refractivity contribution in [2.24, 2.45) is 0 Å². The molecule has 0 aliphatic rings. The third-order valence-corrected chi connectivity index (χ3v) is 4.82. The molecule has 0 atom stereocenters. The largest absolute Gasteiger partial charge is 0.495 e. The van der Waals surface area contributed by atoms with Crippen LogP contribution in [-0.2, 0) is 11.3 Å². The average Bonchev–Trinajstić information content (AvgIpc) is 2.82. The van der Waals surface area contributed by atoms with Gasteiger partial charge in [-0.05, 0) is 42.0 Å². The zero-order valence-corrected chi connectivity index (χ0v) is 17.4. The normalized spacial score (nSPS) is 10.5. The summed E-state index contributed by atoms with van der Waals surface area (Å²) in [6.07, 6.45) is 2.88. The van der Waals surface area contributed by atoms with E-state index in [-0.39, 0.29) is 11.5 Å². The lowest BCUT2D eigenvalue weighted by Crippen LogP contribution is -2.21. The second-order valence-corrected chi connectivity index (χ2v) is 6.95. The quantitative estimate of drug-likeness (QED) is 0.436. The predicted molar refractivity (Wildman–Crippen MR) is 124 cm³/mol. The Bertz CT molecular complexity index is 1350. The number of carbonyl (C=O) groups is 1.